The van der Waals surface area contributed by atoms with E-state index in [0.717, 1.165) is 49.7 Å². The first-order valence-corrected chi connectivity index (χ1v) is 18.4. The molecule has 46 heavy (non-hydrogen) atoms. The Morgan fingerprint density at radius 2 is 1.63 bits per heavy atom. The van der Waals surface area contributed by atoms with Gasteiger partial charge < -0.3 is 14.9 Å². The van der Waals surface area contributed by atoms with Crippen molar-refractivity contribution in [2.24, 2.45) is 56.7 Å². The molecule has 1 heterocycles. The molecule has 0 amide bonds. The predicted octanol–water partition coefficient (Wildman–Crippen LogP) is 9.45. The maximum Gasteiger partial charge on any atom is 0.235 e. The quantitative estimate of drug-likeness (QED) is 0.322. The lowest BCUT2D eigenvalue weighted by molar-refractivity contribution is -0.229. The molecule has 4 heteroatoms. The van der Waals surface area contributed by atoms with Crippen LogP contribution in [0.15, 0.2) is 47.6 Å². The van der Waals surface area contributed by atoms with Gasteiger partial charge in [0.2, 0.25) is 5.79 Å². The minimum absolute atomic E-state index is 0.0150. The van der Waals surface area contributed by atoms with E-state index in [-0.39, 0.29) is 39.1 Å². The van der Waals surface area contributed by atoms with Gasteiger partial charge in [0.1, 0.15) is 11.5 Å². The number of benzene rings is 1. The molecule has 1 aromatic carbocycles. The number of carbonyl (C=O) groups excluding carboxylic acids is 1. The third kappa shape index (κ3) is 3.53. The van der Waals surface area contributed by atoms with Crippen LogP contribution in [-0.4, -0.2) is 21.8 Å². The lowest BCUT2D eigenvalue weighted by atomic mass is 9.46. The van der Waals surface area contributed by atoms with Crippen molar-refractivity contribution in [1.29, 1.82) is 0 Å². The van der Waals surface area contributed by atoms with Crippen molar-refractivity contribution >= 4 is 5.78 Å². The largest absolute Gasteiger partial charge is 0.508 e. The Balaban J connectivity index is 1.29. The average Bonchev–Trinajstić information content (AvgIpc) is 3.27. The van der Waals surface area contributed by atoms with Crippen LogP contribution in [-0.2, 0) is 11.2 Å². The first-order chi connectivity index (χ1) is 21.5. The number of allylic oxidation sites excluding steroid dienone is 5. The van der Waals surface area contributed by atoms with Crippen LogP contribution in [0.4, 0.5) is 0 Å². The molecule has 2 N–H and O–H groups in total. The zero-order valence-corrected chi connectivity index (χ0v) is 29.5. The second-order valence-electron chi connectivity index (χ2n) is 18.3. The molecule has 6 aliphatic carbocycles. The second kappa shape index (κ2) is 9.42. The van der Waals surface area contributed by atoms with Gasteiger partial charge in [0, 0.05) is 5.56 Å². The number of hydrogen-bond acceptors (Lipinski definition) is 4. The van der Waals surface area contributed by atoms with Crippen LogP contribution in [0.3, 0.4) is 0 Å². The highest BCUT2D eigenvalue weighted by Gasteiger charge is 2.77. The van der Waals surface area contributed by atoms with Crippen LogP contribution in [0.25, 0.3) is 0 Å². The van der Waals surface area contributed by atoms with E-state index >= 15 is 0 Å². The molecule has 7 aliphatic rings. The van der Waals surface area contributed by atoms with E-state index in [1.165, 1.54) is 30.4 Å². The van der Waals surface area contributed by atoms with Gasteiger partial charge in [0.15, 0.2) is 5.78 Å². The maximum atomic E-state index is 14.4. The van der Waals surface area contributed by atoms with Crippen LogP contribution < -0.4 is 4.74 Å². The Hall–Kier alpha value is -2.33. The first kappa shape index (κ1) is 31.0. The molecule has 4 nitrogen and oxygen atoms in total. The fraction of sp³-hybridized carbons (Fsp3) is 0.690. The second-order valence-corrected chi connectivity index (χ2v) is 18.3. The van der Waals surface area contributed by atoms with Crippen LogP contribution in [0.2, 0.25) is 0 Å². The molecule has 1 spiro atoms. The highest BCUT2D eigenvalue weighted by molar-refractivity contribution is 5.99. The van der Waals surface area contributed by atoms with E-state index < -0.39 is 17.1 Å². The third-order valence-electron chi connectivity index (χ3n) is 16.8. The summed E-state index contributed by atoms with van der Waals surface area (Å²) < 4.78 is 7.08. The van der Waals surface area contributed by atoms with Gasteiger partial charge in [-0.3, -0.25) is 4.79 Å². The number of hydrogen-bond donors (Lipinski definition) is 2. The zero-order valence-electron chi connectivity index (χ0n) is 29.5. The monoisotopic (exact) mass is 624 g/mol. The minimum Gasteiger partial charge on any atom is -0.508 e. The number of ether oxygens (including phenoxy) is 1. The standard InChI is InChI=1S/C42H56O4/c1-24-10-9-11-33-37(24,5)17-14-26(3)39(33,7)22-28-20-29(43)21-30-34-32(44)16-19-42(45,46-35(28)30)41(34)23-40(8)27(4)15-18-38(6)25(2)12-13-31(41)36(38)40/h10,12,16,19-21,26-27,31,33-34,36,43,45H,9,11,13-15,17-18,22-23H2,1-8H3/t26-,27-,31-,33+,34+,36+,37+,38+,39+,40+,41-,42-/m0/s1. The minimum atomic E-state index is -1.59. The molecular weight excluding hydrogens is 568 g/mol. The average molecular weight is 625 g/mol. The highest BCUT2D eigenvalue weighted by atomic mass is 16.6. The van der Waals surface area contributed by atoms with Gasteiger partial charge in [-0.25, -0.2) is 0 Å². The highest BCUT2D eigenvalue weighted by Crippen LogP contribution is 2.79. The van der Waals surface area contributed by atoms with E-state index in [0.29, 0.717) is 29.4 Å². The van der Waals surface area contributed by atoms with Crippen LogP contribution >= 0.6 is 0 Å². The van der Waals surface area contributed by atoms with Crippen LogP contribution in [0.5, 0.6) is 11.5 Å². The normalized spacial score (nSPS) is 50.2. The maximum absolute atomic E-state index is 14.4. The molecule has 0 aromatic heterocycles. The van der Waals surface area contributed by atoms with Crippen molar-refractivity contribution in [2.75, 3.05) is 0 Å². The number of aromatic hydroxyl groups is 1. The van der Waals surface area contributed by atoms with Crippen molar-refractivity contribution in [3.63, 3.8) is 0 Å². The topological polar surface area (TPSA) is 66.8 Å². The summed E-state index contributed by atoms with van der Waals surface area (Å²) >= 11 is 0. The van der Waals surface area contributed by atoms with Gasteiger partial charge in [-0.05, 0) is 153 Å². The predicted molar refractivity (Wildman–Crippen MR) is 182 cm³/mol. The van der Waals surface area contributed by atoms with Gasteiger partial charge in [0.25, 0.3) is 0 Å². The molecular formula is C42H56O4. The van der Waals surface area contributed by atoms with Crippen molar-refractivity contribution in [2.45, 2.75) is 125 Å². The van der Waals surface area contributed by atoms with E-state index in [2.05, 4.69) is 67.5 Å². The van der Waals surface area contributed by atoms with Gasteiger partial charge in [-0.1, -0.05) is 64.8 Å². The van der Waals surface area contributed by atoms with Crippen molar-refractivity contribution in [1.82, 2.24) is 0 Å². The number of phenols is 1. The third-order valence-corrected chi connectivity index (χ3v) is 16.8. The van der Waals surface area contributed by atoms with Gasteiger partial charge >= 0.3 is 0 Å². The number of ketones is 1. The molecule has 3 saturated carbocycles. The summed E-state index contributed by atoms with van der Waals surface area (Å²) in [6, 6.07) is 3.68. The van der Waals surface area contributed by atoms with Crippen molar-refractivity contribution in [3.8, 4) is 11.5 Å². The summed E-state index contributed by atoms with van der Waals surface area (Å²) in [5.41, 5.74) is 4.10. The first-order valence-electron chi connectivity index (χ1n) is 18.4. The van der Waals surface area contributed by atoms with Gasteiger partial charge in [0.05, 0.1) is 11.3 Å². The zero-order chi connectivity index (χ0) is 32.8. The molecule has 2 bridgehead atoms. The summed E-state index contributed by atoms with van der Waals surface area (Å²) in [7, 11) is 0. The fourth-order valence-electron chi connectivity index (χ4n) is 13.7. The lowest BCUT2D eigenvalue weighted by Crippen LogP contribution is -2.63. The number of aliphatic hydroxyl groups is 1. The summed E-state index contributed by atoms with van der Waals surface area (Å²) in [6.07, 6.45) is 17.5. The summed E-state index contributed by atoms with van der Waals surface area (Å²) in [5, 5.41) is 24.5. The molecule has 12 atom stereocenters. The smallest absolute Gasteiger partial charge is 0.235 e. The summed E-state index contributed by atoms with van der Waals surface area (Å²) in [6.45, 7) is 19.2. The molecule has 0 unspecified atom stereocenters. The number of phenolic OH excluding ortho intramolecular Hbond substituents is 1. The molecule has 248 valence electrons. The Morgan fingerprint density at radius 1 is 0.935 bits per heavy atom. The van der Waals surface area contributed by atoms with E-state index in [1.807, 2.05) is 12.1 Å². The molecule has 1 aromatic rings. The number of fused-ring (bicyclic) bond motifs is 3. The van der Waals surface area contributed by atoms with Gasteiger partial charge in [-0.2, -0.15) is 0 Å². The van der Waals surface area contributed by atoms with Crippen LogP contribution in [0, 0.1) is 56.7 Å². The molecule has 0 radical (unpaired) electrons. The van der Waals surface area contributed by atoms with Gasteiger partial charge in [-0.15, -0.1) is 0 Å². The van der Waals surface area contributed by atoms with Crippen molar-refractivity contribution in [3.05, 3.63) is 58.7 Å². The Bertz CT molecular complexity index is 1620. The molecule has 3 fully saturated rings. The van der Waals surface area contributed by atoms with Crippen LogP contribution in [0.1, 0.15) is 124 Å². The summed E-state index contributed by atoms with van der Waals surface area (Å²) in [4.78, 5) is 14.4. The molecule has 1 aliphatic heterocycles. The van der Waals surface area contributed by atoms with E-state index in [4.69, 9.17) is 4.74 Å². The van der Waals surface area contributed by atoms with Crippen molar-refractivity contribution < 1.29 is 19.7 Å². The molecule has 8 rings (SSSR count). The van der Waals surface area contributed by atoms with E-state index in [9.17, 15) is 15.0 Å². The Morgan fingerprint density at radius 3 is 2.39 bits per heavy atom. The molecule has 0 saturated heterocycles. The lowest BCUT2D eigenvalue weighted by Gasteiger charge is -2.59. The number of carbonyl (C=O) groups is 1. The number of rotatable bonds is 2. The SMILES string of the molecule is CC1=CCC[C@H]2[C@](C)(Cc3cc(O)cc4c3O[C@@]3(O)C=CC(=O)[C@@H]4[C@@]34C[C@]3(C)[C@@H](C)CC[C@]5(C)C(C)=CC[C@H]4[C@@H]35)[C@@H](C)CC[C@]12C. The fourth-order valence-corrected chi connectivity index (χ4v) is 13.7. The Kier molecular flexibility index (Phi) is 6.34. The Labute approximate surface area is 276 Å². The summed E-state index contributed by atoms with van der Waals surface area (Å²) in [5.74, 6) is 0.718. The van der Waals surface area contributed by atoms with E-state index in [1.54, 1.807) is 12.2 Å².